The van der Waals surface area contributed by atoms with Crippen molar-refractivity contribution in [3.05, 3.63) is 83.3 Å². The van der Waals surface area contributed by atoms with E-state index in [0.717, 1.165) is 17.2 Å². The Morgan fingerprint density at radius 1 is 0.691 bits per heavy atom. The third-order valence-corrected chi connectivity index (χ3v) is 8.51. The van der Waals surface area contributed by atoms with Crippen molar-refractivity contribution in [1.82, 2.24) is 10.6 Å². The van der Waals surface area contributed by atoms with Crippen LogP contribution in [0.3, 0.4) is 0 Å². The number of hydrogen-bond acceptors (Lipinski definition) is 11. The molecule has 4 atom stereocenters. The zero-order chi connectivity index (χ0) is 41.6. The van der Waals surface area contributed by atoms with Crippen molar-refractivity contribution in [2.45, 2.75) is 111 Å². The highest BCUT2D eigenvalue weighted by Crippen LogP contribution is 2.25. The largest absolute Gasteiger partial charge is 0.461 e. The fourth-order valence-corrected chi connectivity index (χ4v) is 5.79. The minimum absolute atomic E-state index is 0.0487. The van der Waals surface area contributed by atoms with Gasteiger partial charge >= 0.3 is 17.9 Å². The second-order valence-corrected chi connectivity index (χ2v) is 17.7. The molecule has 2 aromatic rings. The van der Waals surface area contributed by atoms with E-state index in [-0.39, 0.29) is 19.4 Å². The molecular formula is C41H56N2O11S. The lowest BCUT2D eigenvalue weighted by molar-refractivity contribution is -0.159. The summed E-state index contributed by atoms with van der Waals surface area (Å²) in [6, 6.07) is 14.9. The van der Waals surface area contributed by atoms with E-state index >= 15 is 0 Å². The number of ketones is 1. The van der Waals surface area contributed by atoms with Crippen LogP contribution in [0.25, 0.3) is 0 Å². The lowest BCUT2D eigenvalue weighted by Gasteiger charge is -2.27. The Morgan fingerprint density at radius 2 is 1.20 bits per heavy atom. The van der Waals surface area contributed by atoms with Gasteiger partial charge in [-0.3, -0.25) is 28.8 Å². The molecule has 0 saturated heterocycles. The summed E-state index contributed by atoms with van der Waals surface area (Å²) in [7, 11) is -3.62. The van der Waals surface area contributed by atoms with E-state index in [4.69, 9.17) is 14.2 Å². The van der Waals surface area contributed by atoms with Crippen molar-refractivity contribution in [3.8, 4) is 0 Å². The summed E-state index contributed by atoms with van der Waals surface area (Å²) in [6.07, 6.45) is 0.451. The Kier molecular flexibility index (Phi) is 17.4. The van der Waals surface area contributed by atoms with Crippen molar-refractivity contribution in [2.75, 3.05) is 6.26 Å². The first-order valence-corrected chi connectivity index (χ1v) is 20.1. The molecule has 0 unspecified atom stereocenters. The minimum atomic E-state index is -3.62. The number of amides is 2. The number of rotatable bonds is 19. The van der Waals surface area contributed by atoms with Gasteiger partial charge in [-0.15, -0.1) is 0 Å². The Balaban J connectivity index is 2.37. The number of esters is 3. The van der Waals surface area contributed by atoms with Crippen LogP contribution < -0.4 is 10.6 Å². The molecule has 0 heterocycles. The molecule has 0 bridgehead atoms. The zero-order valence-electron chi connectivity index (χ0n) is 33.2. The van der Waals surface area contributed by atoms with Gasteiger partial charge in [-0.25, -0.2) is 8.42 Å². The minimum Gasteiger partial charge on any atom is -0.461 e. The van der Waals surface area contributed by atoms with Crippen LogP contribution in [-0.4, -0.2) is 67.4 Å². The smallest absolute Gasteiger partial charge is 0.308 e. The second-order valence-electron chi connectivity index (χ2n) is 15.8. The molecular weight excluding hydrogens is 729 g/mol. The van der Waals surface area contributed by atoms with Crippen LogP contribution in [0.2, 0.25) is 0 Å². The maximum atomic E-state index is 14.1. The van der Waals surface area contributed by atoms with Crippen LogP contribution in [0.4, 0.5) is 0 Å². The van der Waals surface area contributed by atoms with Gasteiger partial charge in [0.05, 0.1) is 31.2 Å². The highest BCUT2D eigenvalue weighted by atomic mass is 32.2. The van der Waals surface area contributed by atoms with E-state index in [9.17, 15) is 37.2 Å². The van der Waals surface area contributed by atoms with Crippen molar-refractivity contribution < 1.29 is 51.4 Å². The highest BCUT2D eigenvalue weighted by molar-refractivity contribution is 7.93. The summed E-state index contributed by atoms with van der Waals surface area (Å²) < 4.78 is 40.0. The fourth-order valence-electron chi connectivity index (χ4n) is 5.32. The molecule has 2 N–H and O–H groups in total. The number of carbonyl (C=O) groups is 6. The topological polar surface area (TPSA) is 188 Å². The van der Waals surface area contributed by atoms with Gasteiger partial charge in [-0.1, -0.05) is 80.6 Å². The van der Waals surface area contributed by atoms with Gasteiger partial charge in [0.25, 0.3) is 0 Å². The van der Waals surface area contributed by atoms with Crippen molar-refractivity contribution in [1.29, 1.82) is 0 Å². The number of benzene rings is 2. The van der Waals surface area contributed by atoms with Crippen LogP contribution >= 0.6 is 0 Å². The number of Topliss-reactive ketones (excluding diaryl/α,β-unsaturated/α-hetero) is 1. The van der Waals surface area contributed by atoms with Gasteiger partial charge in [0, 0.05) is 24.0 Å². The molecule has 14 heteroatoms. The molecule has 302 valence electrons. The van der Waals surface area contributed by atoms with E-state index in [1.807, 2.05) is 6.07 Å². The fraction of sp³-hybridized carbons (Fsp3) is 0.512. The zero-order valence-corrected chi connectivity index (χ0v) is 34.1. The molecule has 0 aromatic heterocycles. The van der Waals surface area contributed by atoms with Gasteiger partial charge in [0.15, 0.2) is 15.6 Å². The number of carbonyl (C=O) groups excluding carboxylic acids is 6. The van der Waals surface area contributed by atoms with E-state index < -0.39 is 99.2 Å². The van der Waals surface area contributed by atoms with Crippen molar-refractivity contribution in [2.24, 2.45) is 17.8 Å². The molecule has 0 aliphatic carbocycles. The summed E-state index contributed by atoms with van der Waals surface area (Å²) in [5, 5.41) is 6.28. The van der Waals surface area contributed by atoms with Gasteiger partial charge in [0.1, 0.15) is 23.9 Å². The van der Waals surface area contributed by atoms with E-state index in [1.165, 1.54) is 6.08 Å². The van der Waals surface area contributed by atoms with Crippen molar-refractivity contribution >= 4 is 45.3 Å². The van der Waals surface area contributed by atoms with Crippen LogP contribution in [-0.2, 0) is 59.4 Å². The standard InChI is InChI=1S/C41H56N2O11S/c1-27(2)32(39(49)42-31(20-21-55(9,50)51)24-36(47)54-41(6,7)8)25-33(44)37(29-18-14-11-15-19-29)43-38(48)30(23-35(46)53-40(3,4)5)22-34(45)52-26-28-16-12-10-13-17-28/h10-21,27,30-32,37H,22-26H2,1-9H3,(H,42,49)(H,43,48)/b21-20+/t30-,31+,32-,37-/m0/s1. The molecule has 13 nitrogen and oxygen atoms in total. The predicted octanol–water partition coefficient (Wildman–Crippen LogP) is 5.33. The predicted molar refractivity (Wildman–Crippen MR) is 206 cm³/mol. The van der Waals surface area contributed by atoms with Crippen LogP contribution in [0, 0.1) is 17.8 Å². The molecule has 55 heavy (non-hydrogen) atoms. The highest BCUT2D eigenvalue weighted by Gasteiger charge is 2.35. The molecule has 0 fully saturated rings. The molecule has 0 aliphatic rings. The summed E-state index contributed by atoms with van der Waals surface area (Å²) in [4.78, 5) is 80.4. The number of nitrogens with one attached hydrogen (secondary N) is 2. The van der Waals surface area contributed by atoms with E-state index in [1.54, 1.807) is 110 Å². The number of hydrogen-bond donors (Lipinski definition) is 2. The first-order chi connectivity index (χ1) is 25.4. The third kappa shape index (κ3) is 18.8. The number of sulfone groups is 1. The lowest BCUT2D eigenvalue weighted by Crippen LogP contribution is -2.44. The van der Waals surface area contributed by atoms with Crippen LogP contribution in [0.5, 0.6) is 0 Å². The van der Waals surface area contributed by atoms with E-state index in [0.29, 0.717) is 5.56 Å². The van der Waals surface area contributed by atoms with Gasteiger partial charge in [-0.2, -0.15) is 0 Å². The van der Waals surface area contributed by atoms with Crippen molar-refractivity contribution in [3.63, 3.8) is 0 Å². The summed E-state index contributed by atoms with van der Waals surface area (Å²) in [6.45, 7) is 13.4. The normalized spacial score (nSPS) is 14.3. The summed E-state index contributed by atoms with van der Waals surface area (Å²) in [5.74, 6) is -6.76. The molecule has 2 rings (SSSR count). The summed E-state index contributed by atoms with van der Waals surface area (Å²) >= 11 is 0. The van der Waals surface area contributed by atoms with Gasteiger partial charge < -0.3 is 24.8 Å². The first-order valence-electron chi connectivity index (χ1n) is 18.1. The average Bonchev–Trinajstić information content (AvgIpc) is 3.05. The summed E-state index contributed by atoms with van der Waals surface area (Å²) in [5.41, 5.74) is -0.576. The average molecular weight is 785 g/mol. The molecule has 0 spiro atoms. The third-order valence-electron chi connectivity index (χ3n) is 7.86. The monoisotopic (exact) mass is 784 g/mol. The maximum Gasteiger partial charge on any atom is 0.308 e. The van der Waals surface area contributed by atoms with Crippen LogP contribution in [0.15, 0.2) is 72.1 Å². The Labute approximate surface area is 324 Å². The second kappa shape index (κ2) is 20.7. The lowest BCUT2D eigenvalue weighted by atomic mass is 9.86. The molecule has 0 radical (unpaired) electrons. The molecule has 0 aliphatic heterocycles. The number of ether oxygens (including phenoxy) is 3. The Morgan fingerprint density at radius 3 is 1.71 bits per heavy atom. The van der Waals surface area contributed by atoms with E-state index in [2.05, 4.69) is 10.6 Å². The van der Waals surface area contributed by atoms with Gasteiger partial charge in [-0.05, 0) is 58.6 Å². The molecule has 0 saturated carbocycles. The SMILES string of the molecule is CC(C)[C@H](CC(=O)[C@@H](NC(=O)[C@@H](CC(=O)OCc1ccccc1)CC(=O)OC(C)(C)C)c1ccccc1)C(=O)N[C@H](/C=C/S(C)(=O)=O)CC(=O)OC(C)(C)C. The molecule has 2 aromatic carbocycles. The Bertz CT molecular complexity index is 1760. The maximum absolute atomic E-state index is 14.1. The Hall–Kier alpha value is -4.85. The van der Waals surface area contributed by atoms with Crippen LogP contribution in [0.1, 0.15) is 98.2 Å². The van der Waals surface area contributed by atoms with Gasteiger partial charge in [0.2, 0.25) is 11.8 Å². The quantitative estimate of drug-likeness (QED) is 0.138. The first kappa shape index (κ1) is 46.3. The molecule has 2 amide bonds.